The van der Waals surface area contributed by atoms with Crippen LogP contribution >= 0.6 is 11.8 Å². The first-order valence-electron chi connectivity index (χ1n) is 11.6. The van der Waals surface area contributed by atoms with E-state index in [1.807, 2.05) is 18.2 Å². The van der Waals surface area contributed by atoms with Crippen LogP contribution in [0.5, 0.6) is 0 Å². The van der Waals surface area contributed by atoms with Crippen molar-refractivity contribution in [2.45, 2.75) is 75.5 Å². The summed E-state index contributed by atoms with van der Waals surface area (Å²) in [6, 6.07) is 9.58. The molecule has 2 aliphatic rings. The first-order valence-corrected chi connectivity index (χ1v) is 12.6. The molecule has 1 aliphatic carbocycles. The van der Waals surface area contributed by atoms with Crippen LogP contribution in [-0.4, -0.2) is 48.9 Å². The minimum Gasteiger partial charge on any atom is -0.322 e. The third-order valence-corrected chi connectivity index (χ3v) is 7.08. The Hall–Kier alpha value is -2.88. The number of aromatic nitrogens is 3. The number of thioether (sulfide) groups is 1. The summed E-state index contributed by atoms with van der Waals surface area (Å²) < 4.78 is 2.10. The highest BCUT2D eigenvalue weighted by atomic mass is 32.2. The molecule has 2 heterocycles. The van der Waals surface area contributed by atoms with Gasteiger partial charge >= 0.3 is 6.03 Å². The van der Waals surface area contributed by atoms with E-state index in [4.69, 9.17) is 0 Å². The zero-order chi connectivity index (χ0) is 23.3. The van der Waals surface area contributed by atoms with Gasteiger partial charge in [-0.25, -0.2) is 4.79 Å². The van der Waals surface area contributed by atoms with Crippen molar-refractivity contribution in [3.05, 3.63) is 41.7 Å². The number of hydrogen-bond acceptors (Lipinski definition) is 6. The minimum absolute atomic E-state index is 0.154. The summed E-state index contributed by atoms with van der Waals surface area (Å²) >= 11 is 1.45. The summed E-state index contributed by atoms with van der Waals surface area (Å²) in [7, 11) is 0. The van der Waals surface area contributed by atoms with Gasteiger partial charge in [0.1, 0.15) is 11.4 Å². The number of nitrogens with one attached hydrogen (secondary N) is 2. The zero-order valence-electron chi connectivity index (χ0n) is 18.9. The summed E-state index contributed by atoms with van der Waals surface area (Å²) in [4.78, 5) is 37.6. The van der Waals surface area contributed by atoms with Crippen molar-refractivity contribution in [3.8, 4) is 0 Å². The van der Waals surface area contributed by atoms with Crippen molar-refractivity contribution in [3.63, 3.8) is 0 Å². The molecule has 1 aliphatic heterocycles. The molecule has 10 heteroatoms. The number of hydrogen-bond donors (Lipinski definition) is 2. The maximum absolute atomic E-state index is 12.8. The topological polar surface area (TPSA) is 109 Å². The Kier molecular flexibility index (Phi) is 7.32. The molecule has 0 bridgehead atoms. The van der Waals surface area contributed by atoms with Crippen molar-refractivity contribution < 1.29 is 14.4 Å². The lowest BCUT2D eigenvalue weighted by atomic mass is 9.82. The van der Waals surface area contributed by atoms with Crippen LogP contribution in [0.25, 0.3) is 0 Å². The van der Waals surface area contributed by atoms with E-state index in [1.54, 1.807) is 0 Å². The van der Waals surface area contributed by atoms with E-state index in [1.165, 1.54) is 17.3 Å². The van der Waals surface area contributed by atoms with Gasteiger partial charge in [-0.1, -0.05) is 68.3 Å². The number of urea groups is 1. The van der Waals surface area contributed by atoms with Gasteiger partial charge in [-0.15, -0.1) is 10.2 Å². The number of amides is 4. The van der Waals surface area contributed by atoms with Crippen LogP contribution in [0.15, 0.2) is 35.5 Å². The van der Waals surface area contributed by atoms with Gasteiger partial charge < -0.3 is 9.88 Å². The monoisotopic (exact) mass is 470 g/mol. The van der Waals surface area contributed by atoms with Crippen molar-refractivity contribution in [1.82, 2.24) is 30.5 Å². The summed E-state index contributed by atoms with van der Waals surface area (Å²) in [5, 5.41) is 13.1. The molecule has 0 unspecified atom stereocenters. The van der Waals surface area contributed by atoms with E-state index in [2.05, 4.69) is 44.6 Å². The van der Waals surface area contributed by atoms with Crippen molar-refractivity contribution in [2.24, 2.45) is 0 Å². The molecule has 2 fully saturated rings. The molecule has 176 valence electrons. The number of hydrazine groups is 1. The highest BCUT2D eigenvalue weighted by Crippen LogP contribution is 2.33. The normalized spacial score (nSPS) is 17.4. The highest BCUT2D eigenvalue weighted by Gasteiger charge is 2.52. The van der Waals surface area contributed by atoms with E-state index >= 15 is 0 Å². The first-order chi connectivity index (χ1) is 16.0. The number of imide groups is 1. The summed E-state index contributed by atoms with van der Waals surface area (Å²) in [5.74, 6) is 0.645. The summed E-state index contributed by atoms with van der Waals surface area (Å²) in [5.41, 5.74) is 2.82. The fourth-order valence-electron chi connectivity index (χ4n) is 4.41. The maximum atomic E-state index is 12.8. The second-order valence-electron chi connectivity index (χ2n) is 8.56. The lowest BCUT2D eigenvalue weighted by Crippen LogP contribution is -2.51. The second kappa shape index (κ2) is 10.4. The molecule has 1 aromatic carbocycles. The van der Waals surface area contributed by atoms with Crippen LogP contribution < -0.4 is 10.7 Å². The number of carbonyl (C=O) groups is 3. The van der Waals surface area contributed by atoms with Gasteiger partial charge in [0.2, 0.25) is 5.91 Å². The molecule has 2 N–H and O–H groups in total. The molecule has 1 saturated heterocycles. The standard InChI is InChI=1S/C23H30N6O3S/c1-2-14-28-18(16-17-9-5-3-6-10-17)25-26-22(28)33-15-11-19(30)27-29-20(31)23(24-21(29)32)12-7-4-8-13-23/h3,5-6,9-10H,2,4,7-8,11-16H2,1H3,(H,24,32)(H,27,30). The van der Waals surface area contributed by atoms with Gasteiger partial charge in [0.05, 0.1) is 0 Å². The van der Waals surface area contributed by atoms with Crippen LogP contribution in [0.4, 0.5) is 4.79 Å². The van der Waals surface area contributed by atoms with Gasteiger partial charge in [-0.3, -0.25) is 15.0 Å². The van der Waals surface area contributed by atoms with Crippen LogP contribution in [0, 0.1) is 0 Å². The molecule has 0 radical (unpaired) electrons. The lowest BCUT2D eigenvalue weighted by Gasteiger charge is -2.30. The molecule has 2 aromatic rings. The quantitative estimate of drug-likeness (QED) is 0.431. The smallest absolute Gasteiger partial charge is 0.322 e. The molecular formula is C23H30N6O3S. The predicted molar refractivity (Wildman–Crippen MR) is 124 cm³/mol. The van der Waals surface area contributed by atoms with Gasteiger partial charge in [-0.2, -0.15) is 5.01 Å². The van der Waals surface area contributed by atoms with E-state index in [0.29, 0.717) is 25.0 Å². The largest absolute Gasteiger partial charge is 0.344 e. The van der Waals surface area contributed by atoms with Gasteiger partial charge in [0.25, 0.3) is 5.91 Å². The van der Waals surface area contributed by atoms with Gasteiger partial charge in [0.15, 0.2) is 5.16 Å². The molecule has 4 amide bonds. The fourth-order valence-corrected chi connectivity index (χ4v) is 5.34. The highest BCUT2D eigenvalue weighted by molar-refractivity contribution is 7.99. The van der Waals surface area contributed by atoms with Crippen LogP contribution in [-0.2, 0) is 22.6 Å². The average Bonchev–Trinajstić information content (AvgIpc) is 3.28. The summed E-state index contributed by atoms with van der Waals surface area (Å²) in [6.45, 7) is 2.90. The van der Waals surface area contributed by atoms with Crippen LogP contribution in [0.3, 0.4) is 0 Å². The third kappa shape index (κ3) is 5.21. The molecule has 1 saturated carbocycles. The SMILES string of the molecule is CCCn1c(Cc2ccccc2)nnc1SCCC(=O)NN1C(=O)NC2(CCCCC2)C1=O. The molecule has 4 rings (SSSR count). The Morgan fingerprint density at radius 2 is 1.91 bits per heavy atom. The number of rotatable bonds is 9. The number of nitrogens with zero attached hydrogens (tertiary/aromatic N) is 4. The number of benzene rings is 1. The lowest BCUT2D eigenvalue weighted by molar-refractivity contribution is -0.139. The minimum atomic E-state index is -0.844. The Bertz CT molecular complexity index is 1000. The fraction of sp³-hybridized carbons (Fsp3) is 0.522. The van der Waals surface area contributed by atoms with Crippen LogP contribution in [0.1, 0.15) is 63.3 Å². The Morgan fingerprint density at radius 3 is 2.64 bits per heavy atom. The van der Waals surface area contributed by atoms with E-state index in [0.717, 1.165) is 48.2 Å². The van der Waals surface area contributed by atoms with Crippen molar-refractivity contribution in [2.75, 3.05) is 5.75 Å². The summed E-state index contributed by atoms with van der Waals surface area (Å²) in [6.07, 6.45) is 5.90. The molecule has 1 aromatic heterocycles. The maximum Gasteiger partial charge on any atom is 0.344 e. The molecule has 9 nitrogen and oxygen atoms in total. The van der Waals surface area contributed by atoms with E-state index in [-0.39, 0.29) is 18.2 Å². The Labute approximate surface area is 197 Å². The van der Waals surface area contributed by atoms with Gasteiger partial charge in [-0.05, 0) is 24.8 Å². The molecular weight excluding hydrogens is 440 g/mol. The molecule has 0 atom stereocenters. The second-order valence-corrected chi connectivity index (χ2v) is 9.62. The third-order valence-electron chi connectivity index (χ3n) is 6.11. The van der Waals surface area contributed by atoms with Crippen molar-refractivity contribution >= 4 is 29.6 Å². The average molecular weight is 471 g/mol. The van der Waals surface area contributed by atoms with Crippen molar-refractivity contribution in [1.29, 1.82) is 0 Å². The first kappa shape index (κ1) is 23.3. The zero-order valence-corrected chi connectivity index (χ0v) is 19.7. The van der Waals surface area contributed by atoms with E-state index < -0.39 is 11.6 Å². The predicted octanol–water partition coefficient (Wildman–Crippen LogP) is 3.05. The van der Waals surface area contributed by atoms with Gasteiger partial charge in [0, 0.05) is 25.1 Å². The molecule has 1 spiro atoms. The van der Waals surface area contributed by atoms with E-state index in [9.17, 15) is 14.4 Å². The van der Waals surface area contributed by atoms with Crippen LogP contribution in [0.2, 0.25) is 0 Å². The number of carbonyl (C=O) groups excluding carboxylic acids is 3. The Morgan fingerprint density at radius 1 is 1.15 bits per heavy atom. The molecule has 33 heavy (non-hydrogen) atoms. The Balaban J connectivity index is 1.31.